The molecule has 0 spiro atoms. The maximum Gasteiger partial charge on any atom is 0.0800 e. The fourth-order valence-electron chi connectivity index (χ4n) is 1.35. The van der Waals surface area contributed by atoms with Crippen LogP contribution in [0.2, 0.25) is 0 Å². The Balaban J connectivity index is 2.31. The summed E-state index contributed by atoms with van der Waals surface area (Å²) >= 11 is 0. The van der Waals surface area contributed by atoms with Gasteiger partial charge in [0.05, 0.1) is 24.1 Å². The second-order valence-electron chi connectivity index (χ2n) is 2.98. The van der Waals surface area contributed by atoms with E-state index in [1.165, 1.54) is 0 Å². The van der Waals surface area contributed by atoms with Crippen molar-refractivity contribution in [1.82, 2.24) is 25.2 Å². The van der Waals surface area contributed by atoms with Gasteiger partial charge in [0.1, 0.15) is 0 Å². The zero-order valence-electron chi connectivity index (χ0n) is 7.88. The summed E-state index contributed by atoms with van der Waals surface area (Å²) in [4.78, 5) is 0. The third-order valence-corrected chi connectivity index (χ3v) is 2.14. The molecule has 2 rings (SSSR count). The van der Waals surface area contributed by atoms with Crippen molar-refractivity contribution in [3.05, 3.63) is 29.8 Å². The first-order valence-electron chi connectivity index (χ1n) is 4.45. The number of rotatable bonds is 3. The first-order chi connectivity index (χ1) is 6.83. The molecule has 0 saturated heterocycles. The number of H-pyrrole nitrogens is 1. The predicted molar refractivity (Wildman–Crippen MR) is 50.3 cm³/mol. The van der Waals surface area contributed by atoms with Crippen LogP contribution in [0.15, 0.2) is 18.6 Å². The van der Waals surface area contributed by atoms with Gasteiger partial charge in [-0.05, 0) is 6.92 Å². The minimum absolute atomic E-state index is 0.219. The molecular formula is C8H12N6. The molecule has 0 aliphatic rings. The van der Waals surface area contributed by atoms with Crippen molar-refractivity contribution >= 4 is 0 Å². The van der Waals surface area contributed by atoms with E-state index in [1.807, 2.05) is 6.92 Å². The first-order valence-corrected chi connectivity index (χ1v) is 4.45. The van der Waals surface area contributed by atoms with Gasteiger partial charge in [0.2, 0.25) is 0 Å². The highest BCUT2D eigenvalue weighted by molar-refractivity contribution is 5.20. The second kappa shape index (κ2) is 3.59. The van der Waals surface area contributed by atoms with Crippen molar-refractivity contribution in [2.24, 2.45) is 5.73 Å². The lowest BCUT2D eigenvalue weighted by Gasteiger charge is -2.09. The summed E-state index contributed by atoms with van der Waals surface area (Å²) in [6.45, 7) is 2.77. The van der Waals surface area contributed by atoms with E-state index in [9.17, 15) is 0 Å². The normalized spacial score (nSPS) is 13.0. The van der Waals surface area contributed by atoms with E-state index in [2.05, 4.69) is 20.5 Å². The first kappa shape index (κ1) is 8.89. The summed E-state index contributed by atoms with van der Waals surface area (Å²) in [7, 11) is 0. The van der Waals surface area contributed by atoms with Crippen molar-refractivity contribution in [1.29, 1.82) is 0 Å². The van der Waals surface area contributed by atoms with Gasteiger partial charge in [-0.25, -0.2) is 4.68 Å². The Morgan fingerprint density at radius 2 is 2.43 bits per heavy atom. The van der Waals surface area contributed by atoms with Crippen LogP contribution >= 0.6 is 0 Å². The Bertz CT molecular complexity index is 390. The zero-order chi connectivity index (χ0) is 9.97. The molecule has 1 unspecified atom stereocenters. The number of aromatic amines is 1. The molecule has 0 aliphatic carbocycles. The molecular weight excluding hydrogens is 180 g/mol. The second-order valence-corrected chi connectivity index (χ2v) is 2.98. The molecule has 0 bridgehead atoms. The molecule has 0 amide bonds. The molecule has 6 heteroatoms. The molecule has 2 aromatic rings. The van der Waals surface area contributed by atoms with Crippen molar-refractivity contribution in [3.63, 3.8) is 0 Å². The topological polar surface area (TPSA) is 85.4 Å². The molecule has 0 aliphatic heterocycles. The van der Waals surface area contributed by atoms with Crippen LogP contribution in [0.25, 0.3) is 0 Å². The molecule has 14 heavy (non-hydrogen) atoms. The average molecular weight is 192 g/mol. The van der Waals surface area contributed by atoms with Gasteiger partial charge in [-0.3, -0.25) is 5.10 Å². The van der Waals surface area contributed by atoms with Gasteiger partial charge in [0.25, 0.3) is 0 Å². The van der Waals surface area contributed by atoms with Crippen molar-refractivity contribution in [2.45, 2.75) is 19.5 Å². The number of nitrogens with zero attached hydrogens (tertiary/aromatic N) is 4. The van der Waals surface area contributed by atoms with E-state index in [1.54, 1.807) is 23.3 Å². The third-order valence-electron chi connectivity index (χ3n) is 2.14. The average Bonchev–Trinajstić information content (AvgIpc) is 2.87. The fraction of sp³-hybridized carbons (Fsp3) is 0.375. The SMILES string of the molecule is CCn1nncc1C(N)c1cn[nH]c1. The number of nitrogens with two attached hydrogens (primary N) is 1. The van der Waals surface area contributed by atoms with Gasteiger partial charge in [0.15, 0.2) is 0 Å². The zero-order valence-corrected chi connectivity index (χ0v) is 7.88. The highest BCUT2D eigenvalue weighted by Gasteiger charge is 2.14. The predicted octanol–water partition coefficient (Wildman–Crippen LogP) is 0.0692. The summed E-state index contributed by atoms with van der Waals surface area (Å²) < 4.78 is 1.78. The lowest BCUT2D eigenvalue weighted by Crippen LogP contribution is -2.16. The Morgan fingerprint density at radius 1 is 1.57 bits per heavy atom. The van der Waals surface area contributed by atoms with E-state index in [4.69, 9.17) is 5.73 Å². The molecule has 2 aromatic heterocycles. The summed E-state index contributed by atoms with van der Waals surface area (Å²) in [5, 5.41) is 14.3. The molecule has 74 valence electrons. The Morgan fingerprint density at radius 3 is 3.07 bits per heavy atom. The number of nitrogens with one attached hydrogen (secondary N) is 1. The molecule has 2 heterocycles. The van der Waals surface area contributed by atoms with Crippen LogP contribution in [0.5, 0.6) is 0 Å². The lowest BCUT2D eigenvalue weighted by molar-refractivity contribution is 0.581. The van der Waals surface area contributed by atoms with Crippen LogP contribution in [0.3, 0.4) is 0 Å². The third kappa shape index (κ3) is 1.39. The maximum atomic E-state index is 6.02. The quantitative estimate of drug-likeness (QED) is 0.720. The smallest absolute Gasteiger partial charge is 0.0800 e. The number of hydrogen-bond acceptors (Lipinski definition) is 4. The van der Waals surface area contributed by atoms with Gasteiger partial charge in [-0.2, -0.15) is 5.10 Å². The van der Waals surface area contributed by atoms with Crippen LogP contribution in [0.4, 0.5) is 0 Å². The van der Waals surface area contributed by atoms with Crippen molar-refractivity contribution in [3.8, 4) is 0 Å². The highest BCUT2D eigenvalue weighted by atomic mass is 15.4. The van der Waals surface area contributed by atoms with E-state index in [0.717, 1.165) is 17.8 Å². The van der Waals surface area contributed by atoms with E-state index in [-0.39, 0.29) is 6.04 Å². The highest BCUT2D eigenvalue weighted by Crippen LogP contribution is 2.16. The van der Waals surface area contributed by atoms with E-state index in [0.29, 0.717) is 0 Å². The van der Waals surface area contributed by atoms with Crippen LogP contribution in [-0.4, -0.2) is 25.2 Å². The molecule has 3 N–H and O–H groups in total. The van der Waals surface area contributed by atoms with Crippen LogP contribution < -0.4 is 5.73 Å². The molecule has 0 aromatic carbocycles. The van der Waals surface area contributed by atoms with E-state index >= 15 is 0 Å². The van der Waals surface area contributed by atoms with Crippen LogP contribution in [0.1, 0.15) is 24.2 Å². The lowest BCUT2D eigenvalue weighted by atomic mass is 10.1. The standard InChI is InChI=1S/C8H12N6/c1-2-14-7(5-12-13-14)8(9)6-3-10-11-4-6/h3-5,8H,2,9H2,1H3,(H,10,11). The maximum absolute atomic E-state index is 6.02. The molecule has 0 saturated carbocycles. The number of aromatic nitrogens is 5. The summed E-state index contributed by atoms with van der Waals surface area (Å²) in [6, 6.07) is -0.219. The largest absolute Gasteiger partial charge is 0.319 e. The molecule has 1 atom stereocenters. The fourth-order valence-corrected chi connectivity index (χ4v) is 1.35. The minimum atomic E-state index is -0.219. The summed E-state index contributed by atoms with van der Waals surface area (Å²) in [5.41, 5.74) is 7.85. The van der Waals surface area contributed by atoms with E-state index < -0.39 is 0 Å². The van der Waals surface area contributed by atoms with Crippen molar-refractivity contribution < 1.29 is 0 Å². The Labute approximate surface area is 81.1 Å². The minimum Gasteiger partial charge on any atom is -0.319 e. The van der Waals surface area contributed by atoms with Gasteiger partial charge < -0.3 is 5.73 Å². The van der Waals surface area contributed by atoms with Gasteiger partial charge in [-0.15, -0.1) is 5.10 Å². The Kier molecular flexibility index (Phi) is 2.28. The van der Waals surface area contributed by atoms with Gasteiger partial charge in [-0.1, -0.05) is 5.21 Å². The molecule has 0 radical (unpaired) electrons. The van der Waals surface area contributed by atoms with Crippen LogP contribution in [-0.2, 0) is 6.54 Å². The Hall–Kier alpha value is -1.69. The monoisotopic (exact) mass is 192 g/mol. The summed E-state index contributed by atoms with van der Waals surface area (Å²) in [6.07, 6.45) is 5.16. The van der Waals surface area contributed by atoms with Gasteiger partial charge in [0, 0.05) is 18.3 Å². The molecule has 0 fully saturated rings. The summed E-state index contributed by atoms with van der Waals surface area (Å²) in [5.74, 6) is 0. The number of hydrogen-bond donors (Lipinski definition) is 2. The number of aryl methyl sites for hydroxylation is 1. The molecule has 6 nitrogen and oxygen atoms in total. The van der Waals surface area contributed by atoms with Crippen LogP contribution in [0, 0.1) is 0 Å². The van der Waals surface area contributed by atoms with Crippen molar-refractivity contribution in [2.75, 3.05) is 0 Å². The van der Waals surface area contributed by atoms with Gasteiger partial charge >= 0.3 is 0 Å².